The smallest absolute Gasteiger partial charge is 0.410 e. The van der Waals surface area contributed by atoms with E-state index in [4.69, 9.17) is 11.2 Å². The topological polar surface area (TPSA) is 82.4 Å². The van der Waals surface area contributed by atoms with Crippen LogP contribution in [0.15, 0.2) is 42.7 Å². The van der Waals surface area contributed by atoms with Gasteiger partial charge in [-0.05, 0) is 38.6 Å². The number of pyridine rings is 2. The van der Waals surface area contributed by atoms with E-state index in [0.717, 1.165) is 0 Å². The summed E-state index contributed by atoms with van der Waals surface area (Å²) in [6.07, 6.45) is 8.79. The number of likely N-dealkylation sites (tertiary alicyclic amines) is 1. The number of carbonyl (C=O) groups excluding carboxylic acids is 1. The molecule has 0 saturated carbocycles. The van der Waals surface area contributed by atoms with E-state index in [1.165, 1.54) is 18.5 Å². The summed E-state index contributed by atoms with van der Waals surface area (Å²) in [4.78, 5) is 25.2. The van der Waals surface area contributed by atoms with Crippen molar-refractivity contribution in [3.05, 3.63) is 65.5 Å². The molecule has 7 nitrogen and oxygen atoms in total. The van der Waals surface area contributed by atoms with E-state index in [-0.39, 0.29) is 40.5 Å². The third-order valence-electron chi connectivity index (χ3n) is 7.55. The summed E-state index contributed by atoms with van der Waals surface area (Å²) in [6.45, 7) is 6.47. The molecule has 4 aromatic rings. The minimum Gasteiger partial charge on any atom is -0.444 e. The molecule has 2 saturated heterocycles. The van der Waals surface area contributed by atoms with Crippen LogP contribution in [0.1, 0.15) is 38.3 Å². The van der Waals surface area contributed by atoms with Gasteiger partial charge in [0, 0.05) is 41.8 Å². The molecule has 1 amide bonds. The van der Waals surface area contributed by atoms with Crippen LogP contribution >= 0.6 is 0 Å². The van der Waals surface area contributed by atoms with E-state index < -0.39 is 17.2 Å². The number of halogens is 2. The highest BCUT2D eigenvalue weighted by Crippen LogP contribution is 2.43. The third-order valence-corrected chi connectivity index (χ3v) is 7.55. The molecule has 0 unspecified atom stereocenters. The SMILES string of the molecule is C#Cc1c(F)ccc2cccc(-c3ncc4c(N5C[C@@H]6[C@H]5CCN6C(=O)OC(C)(C)C)c(C#N)cnc4c3F)c12. The summed E-state index contributed by atoms with van der Waals surface area (Å²) in [5, 5.41) is 11.3. The molecule has 2 aliphatic heterocycles. The van der Waals surface area contributed by atoms with Crippen molar-refractivity contribution in [1.82, 2.24) is 14.9 Å². The van der Waals surface area contributed by atoms with Crippen LogP contribution in [0.3, 0.4) is 0 Å². The highest BCUT2D eigenvalue weighted by atomic mass is 19.1. The maximum atomic E-state index is 16.2. The molecule has 40 heavy (non-hydrogen) atoms. The zero-order valence-corrected chi connectivity index (χ0v) is 22.2. The maximum Gasteiger partial charge on any atom is 0.410 e. The molecule has 0 spiro atoms. The van der Waals surface area contributed by atoms with Gasteiger partial charge in [0.25, 0.3) is 0 Å². The third kappa shape index (κ3) is 3.89. The first kappa shape index (κ1) is 25.5. The number of terminal acetylenes is 1. The Balaban J connectivity index is 1.43. The van der Waals surface area contributed by atoms with Gasteiger partial charge in [-0.3, -0.25) is 9.97 Å². The second-order valence-corrected chi connectivity index (χ2v) is 11.0. The second-order valence-electron chi connectivity index (χ2n) is 11.0. The molecule has 200 valence electrons. The molecular weight excluding hydrogens is 512 g/mol. The quantitative estimate of drug-likeness (QED) is 0.302. The lowest BCUT2D eigenvalue weighted by atomic mass is 9.93. The van der Waals surface area contributed by atoms with Crippen molar-refractivity contribution in [3.8, 4) is 29.7 Å². The van der Waals surface area contributed by atoms with Gasteiger partial charge in [0.2, 0.25) is 0 Å². The number of hydrogen-bond donors (Lipinski definition) is 0. The van der Waals surface area contributed by atoms with Crippen LogP contribution < -0.4 is 4.90 Å². The van der Waals surface area contributed by atoms with Crippen LogP contribution in [0.2, 0.25) is 0 Å². The van der Waals surface area contributed by atoms with Crippen LogP contribution in [0, 0.1) is 35.3 Å². The van der Waals surface area contributed by atoms with Crippen molar-refractivity contribution >= 4 is 33.5 Å². The number of nitriles is 1. The van der Waals surface area contributed by atoms with Crippen LogP contribution in [0.4, 0.5) is 19.3 Å². The van der Waals surface area contributed by atoms with Crippen molar-refractivity contribution < 1.29 is 18.3 Å². The van der Waals surface area contributed by atoms with E-state index in [1.807, 2.05) is 25.7 Å². The Bertz CT molecular complexity index is 1800. The number of amides is 1. The fourth-order valence-electron chi connectivity index (χ4n) is 5.81. The van der Waals surface area contributed by atoms with Gasteiger partial charge in [-0.25, -0.2) is 13.6 Å². The average molecular weight is 538 g/mol. The van der Waals surface area contributed by atoms with E-state index in [9.17, 15) is 14.4 Å². The van der Waals surface area contributed by atoms with Crippen molar-refractivity contribution in [1.29, 1.82) is 5.26 Å². The average Bonchev–Trinajstić information content (AvgIpc) is 3.24. The molecule has 2 atom stereocenters. The molecule has 2 fully saturated rings. The number of benzene rings is 2. The van der Waals surface area contributed by atoms with Crippen molar-refractivity contribution in [2.24, 2.45) is 0 Å². The molecule has 6 rings (SSSR count). The van der Waals surface area contributed by atoms with Gasteiger partial charge in [-0.15, -0.1) is 6.42 Å². The summed E-state index contributed by atoms with van der Waals surface area (Å²) in [6, 6.07) is 10.1. The van der Waals surface area contributed by atoms with Crippen LogP contribution in [0.25, 0.3) is 32.9 Å². The normalized spacial score (nSPS) is 18.3. The molecule has 2 aliphatic rings. The summed E-state index contributed by atoms with van der Waals surface area (Å²) in [5.74, 6) is 1.11. The Hall–Kier alpha value is -4.76. The van der Waals surface area contributed by atoms with E-state index in [2.05, 4.69) is 22.0 Å². The molecule has 2 aromatic heterocycles. The molecule has 2 aromatic carbocycles. The summed E-state index contributed by atoms with van der Waals surface area (Å²) in [5.41, 5.74) is 0.631. The van der Waals surface area contributed by atoms with Gasteiger partial charge in [-0.1, -0.05) is 30.2 Å². The fraction of sp³-hybridized carbons (Fsp3) is 0.290. The van der Waals surface area contributed by atoms with Gasteiger partial charge >= 0.3 is 6.09 Å². The highest BCUT2D eigenvalue weighted by Gasteiger charge is 2.50. The van der Waals surface area contributed by atoms with Crippen molar-refractivity contribution in [3.63, 3.8) is 0 Å². The predicted octanol–water partition coefficient (Wildman–Crippen LogP) is 5.78. The number of hydrogen-bond acceptors (Lipinski definition) is 6. The number of carbonyl (C=O) groups is 1. The lowest BCUT2D eigenvalue weighted by Crippen LogP contribution is -2.63. The van der Waals surface area contributed by atoms with Gasteiger partial charge < -0.3 is 14.5 Å². The minimum absolute atomic E-state index is 0.0122. The van der Waals surface area contributed by atoms with Crippen LogP contribution in [-0.4, -0.2) is 51.7 Å². The standard InChI is InChI=1S/C31H25F2N5O2/c1-5-19-22(32)10-9-17-7-6-8-20(25(17)19)27-26(33)28-21(15-36-27)29(18(13-34)14-35-28)38-16-24-23(38)11-12-37(24)30(39)40-31(2,3)4/h1,6-10,14-15,23-24H,11-12,16H2,2-4H3/t23-,24-/m1/s1. The minimum atomic E-state index is -0.693. The number of fused-ring (bicyclic) bond motifs is 3. The monoisotopic (exact) mass is 537 g/mol. The van der Waals surface area contributed by atoms with Crippen molar-refractivity contribution in [2.45, 2.75) is 44.9 Å². The molecule has 0 aliphatic carbocycles. The molecule has 0 bridgehead atoms. The summed E-state index contributed by atoms with van der Waals surface area (Å²) in [7, 11) is 0. The zero-order chi connectivity index (χ0) is 28.3. The molecule has 0 N–H and O–H groups in total. The Kier molecular flexibility index (Phi) is 5.85. The first-order valence-electron chi connectivity index (χ1n) is 12.9. The summed E-state index contributed by atoms with van der Waals surface area (Å²) >= 11 is 0. The molecule has 9 heteroatoms. The number of ether oxygens (including phenoxy) is 1. The van der Waals surface area contributed by atoms with Gasteiger partial charge in [0.15, 0.2) is 5.82 Å². The summed E-state index contributed by atoms with van der Waals surface area (Å²) < 4.78 is 36.3. The Morgan fingerprint density at radius 1 is 1.15 bits per heavy atom. The van der Waals surface area contributed by atoms with Gasteiger partial charge in [0.05, 0.1) is 28.9 Å². The van der Waals surface area contributed by atoms with Crippen molar-refractivity contribution in [2.75, 3.05) is 18.0 Å². The lowest BCUT2D eigenvalue weighted by molar-refractivity contribution is 0.0194. The number of anilines is 1. The Labute approximate surface area is 230 Å². The number of nitrogens with zero attached hydrogens (tertiary/aromatic N) is 5. The molecule has 4 heterocycles. The van der Waals surface area contributed by atoms with E-state index in [0.29, 0.717) is 46.9 Å². The maximum absolute atomic E-state index is 16.2. The Morgan fingerprint density at radius 3 is 2.67 bits per heavy atom. The first-order chi connectivity index (χ1) is 19.1. The van der Waals surface area contributed by atoms with Crippen LogP contribution in [0.5, 0.6) is 0 Å². The predicted molar refractivity (Wildman–Crippen MR) is 148 cm³/mol. The van der Waals surface area contributed by atoms with Gasteiger partial charge in [0.1, 0.15) is 28.7 Å². The Morgan fingerprint density at radius 2 is 1.95 bits per heavy atom. The number of aromatic nitrogens is 2. The second kappa shape index (κ2) is 9.17. The molecular formula is C31H25F2N5O2. The first-order valence-corrected chi connectivity index (χ1v) is 12.9. The number of rotatable bonds is 2. The largest absolute Gasteiger partial charge is 0.444 e. The lowest BCUT2D eigenvalue weighted by Gasteiger charge is -2.48. The van der Waals surface area contributed by atoms with E-state index in [1.54, 1.807) is 29.2 Å². The fourth-order valence-corrected chi connectivity index (χ4v) is 5.81. The zero-order valence-electron chi connectivity index (χ0n) is 22.2. The van der Waals surface area contributed by atoms with Gasteiger partial charge in [-0.2, -0.15) is 5.26 Å². The van der Waals surface area contributed by atoms with E-state index >= 15 is 4.39 Å². The van der Waals surface area contributed by atoms with Crippen LogP contribution in [-0.2, 0) is 4.74 Å². The highest BCUT2D eigenvalue weighted by molar-refractivity contribution is 6.03. The molecule has 0 radical (unpaired) electrons.